The topological polar surface area (TPSA) is 38.7 Å². The lowest BCUT2D eigenvalue weighted by atomic mass is 10.1. The Morgan fingerprint density at radius 3 is 2.58 bits per heavy atom. The van der Waals surface area contributed by atoms with Gasteiger partial charge in [0.15, 0.2) is 5.71 Å². The minimum absolute atomic E-state index is 0.179. The van der Waals surface area contributed by atoms with Crippen molar-refractivity contribution < 1.29 is 9.63 Å². The zero-order valence-corrected chi connectivity index (χ0v) is 6.65. The van der Waals surface area contributed by atoms with Gasteiger partial charge in [-0.1, -0.05) is 35.5 Å². The summed E-state index contributed by atoms with van der Waals surface area (Å²) in [5.41, 5.74) is 0.882. The van der Waals surface area contributed by atoms with Crippen LogP contribution in [0.5, 0.6) is 0 Å². The summed E-state index contributed by atoms with van der Waals surface area (Å²) >= 11 is 0. The van der Waals surface area contributed by atoms with Crippen molar-refractivity contribution in [1.82, 2.24) is 0 Å². The number of hydrogen-bond donors (Lipinski definition) is 0. The molecule has 1 rings (SSSR count). The third-order valence-electron chi connectivity index (χ3n) is 1.33. The van der Waals surface area contributed by atoms with E-state index in [1.807, 2.05) is 18.2 Å². The predicted molar refractivity (Wildman–Crippen MR) is 45.7 cm³/mol. The SMILES string of the molecule is CO/N=C(/[C]=O)c1ccccc1. The van der Waals surface area contributed by atoms with E-state index in [1.54, 1.807) is 18.4 Å². The van der Waals surface area contributed by atoms with E-state index in [0.717, 1.165) is 0 Å². The Hall–Kier alpha value is -1.64. The maximum Gasteiger partial charge on any atom is 0.257 e. The van der Waals surface area contributed by atoms with Gasteiger partial charge in [0.2, 0.25) is 0 Å². The Morgan fingerprint density at radius 2 is 2.08 bits per heavy atom. The van der Waals surface area contributed by atoms with Crippen molar-refractivity contribution in [3.63, 3.8) is 0 Å². The zero-order chi connectivity index (χ0) is 8.81. The van der Waals surface area contributed by atoms with Crippen LogP contribution < -0.4 is 0 Å². The molecule has 1 aromatic rings. The maximum absolute atomic E-state index is 10.4. The number of oxime groups is 1. The highest BCUT2D eigenvalue weighted by Gasteiger charge is 2.01. The van der Waals surface area contributed by atoms with E-state index >= 15 is 0 Å². The van der Waals surface area contributed by atoms with Crippen LogP contribution in [0.25, 0.3) is 0 Å². The Bertz CT molecular complexity index is 280. The smallest absolute Gasteiger partial charge is 0.257 e. The third kappa shape index (κ3) is 1.92. The van der Waals surface area contributed by atoms with Crippen molar-refractivity contribution >= 4 is 12.0 Å². The first-order valence-electron chi connectivity index (χ1n) is 3.43. The average molecular weight is 162 g/mol. The average Bonchev–Trinajstić information content (AvgIpc) is 2.15. The highest BCUT2D eigenvalue weighted by molar-refractivity contribution is 6.36. The van der Waals surface area contributed by atoms with Gasteiger partial charge in [-0.2, -0.15) is 0 Å². The molecule has 0 bridgehead atoms. The van der Waals surface area contributed by atoms with Crippen molar-refractivity contribution in [3.05, 3.63) is 35.9 Å². The molecule has 0 aliphatic rings. The quantitative estimate of drug-likeness (QED) is 0.494. The number of carbonyl (C=O) groups excluding carboxylic acids is 1. The van der Waals surface area contributed by atoms with Gasteiger partial charge in [-0.3, -0.25) is 4.79 Å². The van der Waals surface area contributed by atoms with Crippen LogP contribution in [0.4, 0.5) is 0 Å². The molecule has 0 aromatic heterocycles. The van der Waals surface area contributed by atoms with Crippen molar-refractivity contribution in [3.8, 4) is 0 Å². The van der Waals surface area contributed by atoms with E-state index < -0.39 is 0 Å². The summed E-state index contributed by atoms with van der Waals surface area (Å²) < 4.78 is 0. The molecular formula is C9H8NO2. The molecule has 3 nitrogen and oxygen atoms in total. The van der Waals surface area contributed by atoms with Gasteiger partial charge in [0.25, 0.3) is 6.29 Å². The molecule has 0 aliphatic heterocycles. The number of benzene rings is 1. The summed E-state index contributed by atoms with van der Waals surface area (Å²) in [6.45, 7) is 0. The molecule has 0 fully saturated rings. The maximum atomic E-state index is 10.4. The first-order chi connectivity index (χ1) is 5.88. The van der Waals surface area contributed by atoms with Gasteiger partial charge in [0, 0.05) is 5.56 Å². The van der Waals surface area contributed by atoms with Gasteiger partial charge < -0.3 is 4.84 Å². The molecule has 0 amide bonds. The molecule has 0 unspecified atom stereocenters. The lowest BCUT2D eigenvalue weighted by Crippen LogP contribution is -2.01. The molecule has 3 heteroatoms. The Balaban J connectivity index is 2.96. The highest BCUT2D eigenvalue weighted by atomic mass is 16.6. The Labute approximate surface area is 70.7 Å². The van der Waals surface area contributed by atoms with Crippen LogP contribution in [0.3, 0.4) is 0 Å². The molecule has 61 valence electrons. The van der Waals surface area contributed by atoms with Crippen LogP contribution in [0, 0.1) is 0 Å². The molecule has 0 saturated carbocycles. The lowest BCUT2D eigenvalue weighted by Gasteiger charge is -1.95. The standard InChI is InChI=1S/C9H8NO2/c1-12-10-9(7-11)8-5-3-2-4-6-8/h2-6H,1H3/b10-9-. The van der Waals surface area contributed by atoms with E-state index in [0.29, 0.717) is 5.56 Å². The molecular weight excluding hydrogens is 154 g/mol. The Morgan fingerprint density at radius 1 is 1.42 bits per heavy atom. The number of nitrogens with zero attached hydrogens (tertiary/aromatic N) is 1. The first kappa shape index (κ1) is 8.46. The summed E-state index contributed by atoms with van der Waals surface area (Å²) in [4.78, 5) is 14.8. The van der Waals surface area contributed by atoms with Gasteiger partial charge in [0.1, 0.15) is 7.11 Å². The van der Waals surface area contributed by atoms with E-state index in [2.05, 4.69) is 9.99 Å². The van der Waals surface area contributed by atoms with Crippen LogP contribution in [-0.4, -0.2) is 19.1 Å². The minimum Gasteiger partial charge on any atom is -0.399 e. The van der Waals surface area contributed by atoms with E-state index in [1.165, 1.54) is 7.11 Å². The summed E-state index contributed by atoms with van der Waals surface area (Å²) in [6.07, 6.45) is 1.69. The molecule has 1 radical (unpaired) electrons. The zero-order valence-electron chi connectivity index (χ0n) is 6.65. The largest absolute Gasteiger partial charge is 0.399 e. The molecule has 12 heavy (non-hydrogen) atoms. The van der Waals surface area contributed by atoms with E-state index in [9.17, 15) is 4.79 Å². The van der Waals surface area contributed by atoms with Gasteiger partial charge in [-0.15, -0.1) is 0 Å². The molecule has 0 aliphatic carbocycles. The Kier molecular flexibility index (Phi) is 3.02. The van der Waals surface area contributed by atoms with Crippen LogP contribution >= 0.6 is 0 Å². The fraction of sp³-hybridized carbons (Fsp3) is 0.111. The molecule has 1 aromatic carbocycles. The molecule has 0 atom stereocenters. The second kappa shape index (κ2) is 4.28. The van der Waals surface area contributed by atoms with E-state index in [-0.39, 0.29) is 5.71 Å². The van der Waals surface area contributed by atoms with Gasteiger partial charge in [-0.05, 0) is 0 Å². The molecule has 0 heterocycles. The number of hydrogen-bond acceptors (Lipinski definition) is 3. The monoisotopic (exact) mass is 162 g/mol. The van der Waals surface area contributed by atoms with Gasteiger partial charge in [0.05, 0.1) is 0 Å². The summed E-state index contributed by atoms with van der Waals surface area (Å²) in [7, 11) is 1.39. The normalized spacial score (nSPS) is 10.9. The van der Waals surface area contributed by atoms with E-state index in [4.69, 9.17) is 0 Å². The van der Waals surface area contributed by atoms with Crippen molar-refractivity contribution in [2.24, 2.45) is 5.16 Å². The summed E-state index contributed by atoms with van der Waals surface area (Å²) in [5, 5.41) is 3.51. The van der Waals surface area contributed by atoms with Crippen LogP contribution in [0.2, 0.25) is 0 Å². The highest BCUT2D eigenvalue weighted by Crippen LogP contribution is 1.99. The lowest BCUT2D eigenvalue weighted by molar-refractivity contribution is 0.214. The first-order valence-corrected chi connectivity index (χ1v) is 3.43. The van der Waals surface area contributed by atoms with Crippen molar-refractivity contribution in [2.45, 2.75) is 0 Å². The fourth-order valence-corrected chi connectivity index (χ4v) is 0.818. The van der Waals surface area contributed by atoms with Gasteiger partial charge in [-0.25, -0.2) is 0 Å². The molecule has 0 spiro atoms. The summed E-state index contributed by atoms with van der Waals surface area (Å²) in [5.74, 6) is 0. The van der Waals surface area contributed by atoms with Crippen LogP contribution in [0.1, 0.15) is 5.56 Å². The van der Waals surface area contributed by atoms with Gasteiger partial charge >= 0.3 is 0 Å². The number of rotatable bonds is 3. The van der Waals surface area contributed by atoms with Crippen LogP contribution in [-0.2, 0) is 9.63 Å². The molecule has 0 saturated heterocycles. The van der Waals surface area contributed by atoms with Crippen molar-refractivity contribution in [1.29, 1.82) is 0 Å². The second-order valence-corrected chi connectivity index (χ2v) is 2.09. The van der Waals surface area contributed by atoms with Crippen molar-refractivity contribution in [2.75, 3.05) is 7.11 Å². The van der Waals surface area contributed by atoms with Crippen LogP contribution in [0.15, 0.2) is 35.5 Å². The predicted octanol–water partition coefficient (Wildman–Crippen LogP) is 1.15. The second-order valence-electron chi connectivity index (χ2n) is 2.09. The fourth-order valence-electron chi connectivity index (χ4n) is 0.818. The summed E-state index contributed by atoms with van der Waals surface area (Å²) in [6, 6.07) is 9.03. The third-order valence-corrected chi connectivity index (χ3v) is 1.33. The minimum atomic E-state index is 0.179. The molecule has 0 N–H and O–H groups in total.